The van der Waals surface area contributed by atoms with Crippen LogP contribution in [0.25, 0.3) is 0 Å². The summed E-state index contributed by atoms with van der Waals surface area (Å²) in [5.74, 6) is 3.21. The lowest BCUT2D eigenvalue weighted by Crippen LogP contribution is -2.29. The minimum Gasteiger partial charge on any atom is -0.369 e. The van der Waals surface area contributed by atoms with Crippen LogP contribution in [-0.2, 0) is 17.1 Å². The largest absolute Gasteiger partial charge is 0.369 e. The fraction of sp³-hybridized carbons (Fsp3) is 0.611. The smallest absolute Gasteiger partial charge is 0.259 e. The summed E-state index contributed by atoms with van der Waals surface area (Å²) in [6.45, 7) is 8.50. The van der Waals surface area contributed by atoms with Crippen molar-refractivity contribution in [1.82, 2.24) is 24.2 Å². The minimum atomic E-state index is -3.64. The number of anilines is 2. The van der Waals surface area contributed by atoms with E-state index in [2.05, 4.69) is 29.9 Å². The zero-order chi connectivity index (χ0) is 20.3. The molecule has 1 saturated heterocycles. The van der Waals surface area contributed by atoms with Gasteiger partial charge in [0.25, 0.3) is 10.0 Å². The molecule has 0 radical (unpaired) electrons. The molecule has 0 unspecified atom stereocenters. The lowest BCUT2D eigenvalue weighted by Gasteiger charge is -2.17. The van der Waals surface area contributed by atoms with Gasteiger partial charge in [-0.05, 0) is 19.8 Å². The highest BCUT2D eigenvalue weighted by atomic mass is 32.2. The molecule has 2 aromatic heterocycles. The standard InChI is InChI=1S/C18H29N7O2S/c1-13(2)18-23-17(12-24(18)4)28(26,27)20-8-7-19-15-11-16(22-14(3)21-15)25-9-5-6-10-25/h11-13,20H,5-10H2,1-4H3,(H,19,21,22). The number of hydrogen-bond donors (Lipinski definition) is 2. The number of nitrogens with one attached hydrogen (secondary N) is 2. The first-order valence-corrected chi connectivity index (χ1v) is 11.1. The van der Waals surface area contributed by atoms with Gasteiger partial charge in [-0.25, -0.2) is 28.1 Å². The molecule has 1 fully saturated rings. The third-order valence-electron chi connectivity index (χ3n) is 4.66. The predicted octanol–water partition coefficient (Wildman–Crippen LogP) is 1.63. The summed E-state index contributed by atoms with van der Waals surface area (Å²) in [4.78, 5) is 15.4. The molecule has 0 saturated carbocycles. The minimum absolute atomic E-state index is 0.0490. The molecule has 0 spiro atoms. The second-order valence-electron chi connectivity index (χ2n) is 7.38. The maximum absolute atomic E-state index is 12.5. The van der Waals surface area contributed by atoms with Gasteiger partial charge in [0.05, 0.1) is 0 Å². The Morgan fingerprint density at radius 2 is 1.86 bits per heavy atom. The molecule has 2 N–H and O–H groups in total. The fourth-order valence-electron chi connectivity index (χ4n) is 3.32. The van der Waals surface area contributed by atoms with E-state index in [1.54, 1.807) is 17.8 Å². The fourth-order valence-corrected chi connectivity index (χ4v) is 4.35. The van der Waals surface area contributed by atoms with Crippen LogP contribution in [0.5, 0.6) is 0 Å². The first-order valence-electron chi connectivity index (χ1n) is 9.63. The van der Waals surface area contributed by atoms with Crippen molar-refractivity contribution in [2.24, 2.45) is 7.05 Å². The Labute approximate surface area is 166 Å². The third kappa shape index (κ3) is 4.79. The van der Waals surface area contributed by atoms with Gasteiger partial charge >= 0.3 is 0 Å². The molecule has 10 heteroatoms. The zero-order valence-electron chi connectivity index (χ0n) is 16.9. The van der Waals surface area contributed by atoms with E-state index in [0.29, 0.717) is 18.2 Å². The summed E-state index contributed by atoms with van der Waals surface area (Å²) in [5, 5.41) is 3.23. The van der Waals surface area contributed by atoms with Crippen LogP contribution in [0.15, 0.2) is 17.3 Å². The number of aromatic nitrogens is 4. The van der Waals surface area contributed by atoms with E-state index in [4.69, 9.17) is 0 Å². The monoisotopic (exact) mass is 407 g/mol. The molecule has 9 nitrogen and oxygen atoms in total. The summed E-state index contributed by atoms with van der Waals surface area (Å²) in [5.41, 5.74) is 0. The van der Waals surface area contributed by atoms with Crippen LogP contribution in [-0.4, -0.2) is 54.1 Å². The van der Waals surface area contributed by atoms with E-state index in [-0.39, 0.29) is 17.5 Å². The van der Waals surface area contributed by atoms with Crippen LogP contribution in [0.3, 0.4) is 0 Å². The van der Waals surface area contributed by atoms with Crippen molar-refractivity contribution in [3.8, 4) is 0 Å². The molecule has 2 aromatic rings. The Hall–Kier alpha value is -2.20. The molecule has 154 valence electrons. The van der Waals surface area contributed by atoms with Gasteiger partial charge in [0, 0.05) is 51.4 Å². The van der Waals surface area contributed by atoms with E-state index in [1.807, 2.05) is 26.8 Å². The molecule has 3 rings (SSSR count). The number of aryl methyl sites for hydroxylation is 2. The molecule has 0 aliphatic carbocycles. The SMILES string of the molecule is Cc1nc(NCCNS(=O)(=O)c2cn(C)c(C(C)C)n2)cc(N2CCCC2)n1. The first kappa shape index (κ1) is 20.5. The highest BCUT2D eigenvalue weighted by Gasteiger charge is 2.20. The summed E-state index contributed by atoms with van der Waals surface area (Å²) >= 11 is 0. The quantitative estimate of drug-likeness (QED) is 0.641. The van der Waals surface area contributed by atoms with E-state index in [0.717, 1.165) is 24.7 Å². The normalized spacial score (nSPS) is 14.8. The second kappa shape index (κ2) is 8.44. The predicted molar refractivity (Wildman–Crippen MR) is 109 cm³/mol. The second-order valence-corrected chi connectivity index (χ2v) is 9.09. The Kier molecular flexibility index (Phi) is 6.19. The van der Waals surface area contributed by atoms with Crippen molar-refractivity contribution in [2.45, 2.75) is 44.6 Å². The van der Waals surface area contributed by atoms with Gasteiger partial charge in [-0.15, -0.1) is 0 Å². The molecule has 1 aliphatic heterocycles. The van der Waals surface area contributed by atoms with E-state index in [1.165, 1.54) is 12.8 Å². The lowest BCUT2D eigenvalue weighted by atomic mass is 10.2. The van der Waals surface area contributed by atoms with Crippen LogP contribution >= 0.6 is 0 Å². The van der Waals surface area contributed by atoms with Gasteiger partial charge in [0.15, 0.2) is 5.03 Å². The summed E-state index contributed by atoms with van der Waals surface area (Å²) in [6, 6.07) is 1.92. The Morgan fingerprint density at radius 1 is 1.14 bits per heavy atom. The topological polar surface area (TPSA) is 105 Å². The maximum atomic E-state index is 12.5. The Morgan fingerprint density at radius 3 is 2.50 bits per heavy atom. The van der Waals surface area contributed by atoms with Crippen LogP contribution in [0.4, 0.5) is 11.6 Å². The molecule has 0 aromatic carbocycles. The molecular weight excluding hydrogens is 378 g/mol. The Bertz CT molecular complexity index is 918. The number of imidazole rings is 1. The zero-order valence-corrected chi connectivity index (χ0v) is 17.8. The van der Waals surface area contributed by atoms with Crippen LogP contribution in [0, 0.1) is 6.92 Å². The van der Waals surface area contributed by atoms with Gasteiger partial charge in [0.1, 0.15) is 23.3 Å². The number of rotatable bonds is 8. The number of nitrogens with zero attached hydrogens (tertiary/aromatic N) is 5. The van der Waals surface area contributed by atoms with Gasteiger partial charge in [-0.1, -0.05) is 13.8 Å². The third-order valence-corrected chi connectivity index (χ3v) is 5.99. The average molecular weight is 408 g/mol. The first-order chi connectivity index (χ1) is 13.3. The van der Waals surface area contributed by atoms with Gasteiger partial charge in [0.2, 0.25) is 0 Å². The number of hydrogen-bond acceptors (Lipinski definition) is 7. The van der Waals surface area contributed by atoms with E-state index in [9.17, 15) is 8.42 Å². The van der Waals surface area contributed by atoms with E-state index < -0.39 is 10.0 Å². The molecule has 1 aliphatic rings. The molecule has 0 amide bonds. The molecule has 0 bridgehead atoms. The molecule has 0 atom stereocenters. The van der Waals surface area contributed by atoms with Crippen molar-refractivity contribution in [1.29, 1.82) is 0 Å². The van der Waals surface area contributed by atoms with Crippen LogP contribution in [0.2, 0.25) is 0 Å². The lowest BCUT2D eigenvalue weighted by molar-refractivity contribution is 0.579. The van der Waals surface area contributed by atoms with Gasteiger partial charge in [-0.2, -0.15) is 0 Å². The maximum Gasteiger partial charge on any atom is 0.259 e. The van der Waals surface area contributed by atoms with Crippen molar-refractivity contribution >= 4 is 21.7 Å². The highest BCUT2D eigenvalue weighted by molar-refractivity contribution is 7.89. The van der Waals surface area contributed by atoms with Gasteiger partial charge < -0.3 is 14.8 Å². The van der Waals surface area contributed by atoms with Crippen molar-refractivity contribution < 1.29 is 8.42 Å². The Balaban J connectivity index is 1.57. The van der Waals surface area contributed by atoms with Crippen molar-refractivity contribution in [3.05, 3.63) is 23.9 Å². The highest BCUT2D eigenvalue weighted by Crippen LogP contribution is 2.20. The molecule has 28 heavy (non-hydrogen) atoms. The molecular formula is C18H29N7O2S. The van der Waals surface area contributed by atoms with Crippen LogP contribution < -0.4 is 14.9 Å². The van der Waals surface area contributed by atoms with Crippen LogP contribution in [0.1, 0.15) is 44.3 Å². The summed E-state index contributed by atoms with van der Waals surface area (Å²) < 4.78 is 29.3. The molecule has 3 heterocycles. The average Bonchev–Trinajstić information content (AvgIpc) is 3.28. The van der Waals surface area contributed by atoms with Gasteiger partial charge in [-0.3, -0.25) is 0 Å². The van der Waals surface area contributed by atoms with Crippen molar-refractivity contribution in [2.75, 3.05) is 36.4 Å². The number of sulfonamides is 1. The summed E-state index contributed by atoms with van der Waals surface area (Å²) in [7, 11) is -1.84. The van der Waals surface area contributed by atoms with Crippen molar-refractivity contribution in [3.63, 3.8) is 0 Å². The summed E-state index contributed by atoms with van der Waals surface area (Å²) in [6.07, 6.45) is 3.90. The van der Waals surface area contributed by atoms with E-state index >= 15 is 0 Å².